The van der Waals surface area contributed by atoms with Crippen LogP contribution < -0.4 is 5.32 Å². The van der Waals surface area contributed by atoms with E-state index in [0.717, 1.165) is 25.2 Å². The third-order valence-electron chi connectivity index (χ3n) is 4.46. The largest absolute Gasteiger partial charge is 0.364 e. The molecule has 2 aliphatic rings. The van der Waals surface area contributed by atoms with Crippen LogP contribution in [0.1, 0.15) is 43.2 Å². The highest BCUT2D eigenvalue weighted by atomic mass is 35.5. The minimum Gasteiger partial charge on any atom is -0.364 e. The first-order chi connectivity index (χ1) is 9.74. The highest BCUT2D eigenvalue weighted by Gasteiger charge is 2.22. The van der Waals surface area contributed by atoms with Gasteiger partial charge in [-0.05, 0) is 57.7 Å². The van der Waals surface area contributed by atoms with Gasteiger partial charge in [0.05, 0.1) is 0 Å². The Labute approximate surface area is 125 Å². The van der Waals surface area contributed by atoms with E-state index in [1.807, 2.05) is 0 Å². The molecule has 3 rings (SSSR count). The standard InChI is InChI=1S/C15H23ClN4/c1-20-9-5-6-11(10-20)17-15-13-8-4-2-3-7-12(13)14(16)18-19-15/h11H,2-10H2,1H3,(H,17,19). The van der Waals surface area contributed by atoms with Crippen molar-refractivity contribution in [2.75, 3.05) is 25.5 Å². The number of fused-ring (bicyclic) bond motifs is 1. The van der Waals surface area contributed by atoms with E-state index < -0.39 is 0 Å². The van der Waals surface area contributed by atoms with Crippen molar-refractivity contribution in [2.24, 2.45) is 0 Å². The van der Waals surface area contributed by atoms with Crippen molar-refractivity contribution in [3.63, 3.8) is 0 Å². The average Bonchev–Trinajstić information content (AvgIpc) is 2.69. The third-order valence-corrected chi connectivity index (χ3v) is 4.76. The Morgan fingerprint density at radius 1 is 1.10 bits per heavy atom. The number of nitrogens with one attached hydrogen (secondary N) is 1. The van der Waals surface area contributed by atoms with Gasteiger partial charge in [-0.1, -0.05) is 18.0 Å². The van der Waals surface area contributed by atoms with E-state index in [1.165, 1.54) is 49.8 Å². The van der Waals surface area contributed by atoms with Crippen molar-refractivity contribution in [2.45, 2.75) is 51.0 Å². The summed E-state index contributed by atoms with van der Waals surface area (Å²) in [6.07, 6.45) is 8.30. The van der Waals surface area contributed by atoms with Crippen molar-refractivity contribution in [3.8, 4) is 0 Å². The summed E-state index contributed by atoms with van der Waals surface area (Å²) in [5, 5.41) is 12.7. The van der Waals surface area contributed by atoms with Crippen molar-refractivity contribution in [3.05, 3.63) is 16.3 Å². The van der Waals surface area contributed by atoms with Crippen molar-refractivity contribution < 1.29 is 0 Å². The van der Waals surface area contributed by atoms with Gasteiger partial charge in [0.15, 0.2) is 11.0 Å². The van der Waals surface area contributed by atoms with Gasteiger partial charge in [-0.15, -0.1) is 10.2 Å². The number of hydrogen-bond donors (Lipinski definition) is 1. The van der Waals surface area contributed by atoms with Crippen LogP contribution in [0, 0.1) is 0 Å². The summed E-state index contributed by atoms with van der Waals surface area (Å²) in [6.45, 7) is 2.28. The summed E-state index contributed by atoms with van der Waals surface area (Å²) in [5.74, 6) is 0.978. The smallest absolute Gasteiger partial charge is 0.155 e. The number of piperidine rings is 1. The minimum absolute atomic E-state index is 0.483. The molecule has 1 saturated heterocycles. The Morgan fingerprint density at radius 3 is 2.70 bits per heavy atom. The lowest BCUT2D eigenvalue weighted by Crippen LogP contribution is -2.40. The zero-order chi connectivity index (χ0) is 13.9. The highest BCUT2D eigenvalue weighted by molar-refractivity contribution is 6.30. The summed E-state index contributed by atoms with van der Waals surface area (Å²) in [7, 11) is 2.18. The van der Waals surface area contributed by atoms with Crippen LogP contribution in [0.2, 0.25) is 5.15 Å². The average molecular weight is 295 g/mol. The van der Waals surface area contributed by atoms with Gasteiger partial charge < -0.3 is 10.2 Å². The lowest BCUT2D eigenvalue weighted by Gasteiger charge is -2.31. The number of aromatic nitrogens is 2. The number of anilines is 1. The molecular formula is C15H23ClN4. The van der Waals surface area contributed by atoms with Crippen LogP contribution in [0.3, 0.4) is 0 Å². The van der Waals surface area contributed by atoms with Crippen LogP contribution >= 0.6 is 11.6 Å². The minimum atomic E-state index is 0.483. The first-order valence-corrected chi connectivity index (χ1v) is 8.11. The van der Waals surface area contributed by atoms with Gasteiger partial charge in [0.1, 0.15) is 0 Å². The maximum atomic E-state index is 6.24. The molecule has 1 unspecified atom stereocenters. The fraction of sp³-hybridized carbons (Fsp3) is 0.733. The zero-order valence-corrected chi connectivity index (χ0v) is 12.9. The Balaban J connectivity index is 1.82. The van der Waals surface area contributed by atoms with Crippen LogP contribution in [0.4, 0.5) is 5.82 Å². The highest BCUT2D eigenvalue weighted by Crippen LogP contribution is 2.30. The summed E-state index contributed by atoms with van der Waals surface area (Å²) in [4.78, 5) is 2.38. The molecule has 1 aromatic heterocycles. The molecule has 1 aliphatic heterocycles. The molecule has 5 heteroatoms. The van der Waals surface area contributed by atoms with E-state index >= 15 is 0 Å². The number of likely N-dealkylation sites (tertiary alicyclic amines) is 1. The SMILES string of the molecule is CN1CCCC(Nc2nnc(Cl)c3c2CCCCC3)C1. The summed E-state index contributed by atoms with van der Waals surface area (Å²) in [6, 6.07) is 0.483. The van der Waals surface area contributed by atoms with E-state index in [1.54, 1.807) is 0 Å². The molecule has 110 valence electrons. The molecule has 0 aromatic carbocycles. The molecule has 1 aromatic rings. The lowest BCUT2D eigenvalue weighted by molar-refractivity contribution is 0.260. The van der Waals surface area contributed by atoms with E-state index in [4.69, 9.17) is 11.6 Å². The van der Waals surface area contributed by atoms with E-state index in [-0.39, 0.29) is 0 Å². The first-order valence-electron chi connectivity index (χ1n) is 7.73. The molecule has 0 amide bonds. The van der Waals surface area contributed by atoms with Gasteiger partial charge >= 0.3 is 0 Å². The molecule has 1 aliphatic carbocycles. The molecule has 20 heavy (non-hydrogen) atoms. The molecular weight excluding hydrogens is 272 g/mol. The van der Waals surface area contributed by atoms with Crippen molar-refractivity contribution >= 4 is 17.4 Å². The van der Waals surface area contributed by atoms with E-state index in [2.05, 4.69) is 27.5 Å². The van der Waals surface area contributed by atoms with Gasteiger partial charge in [0.25, 0.3) is 0 Å². The van der Waals surface area contributed by atoms with Gasteiger partial charge in [-0.2, -0.15) is 0 Å². The third kappa shape index (κ3) is 3.07. The normalized spacial score (nSPS) is 24.0. The summed E-state index contributed by atoms with van der Waals surface area (Å²) >= 11 is 6.24. The maximum Gasteiger partial charge on any atom is 0.155 e. The van der Waals surface area contributed by atoms with Gasteiger partial charge in [-0.3, -0.25) is 0 Å². The number of halogens is 1. The summed E-state index contributed by atoms with van der Waals surface area (Å²) < 4.78 is 0. The predicted octanol–water partition coefficient (Wildman–Crippen LogP) is 2.91. The molecule has 0 radical (unpaired) electrons. The Kier molecular flexibility index (Phi) is 4.41. The van der Waals surface area contributed by atoms with Gasteiger partial charge in [0.2, 0.25) is 0 Å². The van der Waals surface area contributed by atoms with Crippen molar-refractivity contribution in [1.82, 2.24) is 15.1 Å². The Morgan fingerprint density at radius 2 is 1.90 bits per heavy atom. The van der Waals surface area contributed by atoms with Crippen LogP contribution in [0.5, 0.6) is 0 Å². The maximum absolute atomic E-state index is 6.24. The molecule has 4 nitrogen and oxygen atoms in total. The second-order valence-electron chi connectivity index (χ2n) is 6.10. The molecule has 0 spiro atoms. The number of nitrogens with zero attached hydrogens (tertiary/aromatic N) is 3. The van der Waals surface area contributed by atoms with Crippen LogP contribution in [-0.4, -0.2) is 41.3 Å². The topological polar surface area (TPSA) is 41.0 Å². The van der Waals surface area contributed by atoms with E-state index in [9.17, 15) is 0 Å². The molecule has 1 atom stereocenters. The van der Waals surface area contributed by atoms with Gasteiger partial charge in [0, 0.05) is 18.2 Å². The second kappa shape index (κ2) is 6.27. The fourth-order valence-electron chi connectivity index (χ4n) is 3.38. The fourth-order valence-corrected chi connectivity index (χ4v) is 3.63. The quantitative estimate of drug-likeness (QED) is 0.852. The molecule has 0 saturated carbocycles. The predicted molar refractivity (Wildman–Crippen MR) is 82.4 cm³/mol. The Hall–Kier alpha value is -0.870. The number of hydrogen-bond acceptors (Lipinski definition) is 4. The Bertz CT molecular complexity index is 477. The van der Waals surface area contributed by atoms with Gasteiger partial charge in [-0.25, -0.2) is 0 Å². The van der Waals surface area contributed by atoms with Crippen LogP contribution in [-0.2, 0) is 12.8 Å². The summed E-state index contributed by atoms with van der Waals surface area (Å²) in [5.41, 5.74) is 2.54. The zero-order valence-electron chi connectivity index (χ0n) is 12.2. The monoisotopic (exact) mass is 294 g/mol. The van der Waals surface area contributed by atoms with Crippen molar-refractivity contribution in [1.29, 1.82) is 0 Å². The first kappa shape index (κ1) is 14.1. The van der Waals surface area contributed by atoms with Crippen LogP contribution in [0.15, 0.2) is 0 Å². The second-order valence-corrected chi connectivity index (χ2v) is 6.46. The molecule has 1 N–H and O–H groups in total. The van der Waals surface area contributed by atoms with E-state index in [0.29, 0.717) is 11.2 Å². The molecule has 0 bridgehead atoms. The lowest BCUT2D eigenvalue weighted by atomic mass is 10.0. The van der Waals surface area contributed by atoms with Crippen LogP contribution in [0.25, 0.3) is 0 Å². The number of rotatable bonds is 2. The molecule has 2 heterocycles. The number of likely N-dealkylation sites (N-methyl/N-ethyl adjacent to an activating group) is 1. The molecule has 1 fully saturated rings.